The summed E-state index contributed by atoms with van der Waals surface area (Å²) in [5.74, 6) is 2.72. The maximum Gasteiger partial charge on any atom is 0.191 e. The lowest BCUT2D eigenvalue weighted by Gasteiger charge is -2.27. The lowest BCUT2D eigenvalue weighted by atomic mass is 10.1. The van der Waals surface area contributed by atoms with Gasteiger partial charge in [-0.25, -0.2) is 4.98 Å². The summed E-state index contributed by atoms with van der Waals surface area (Å²) < 4.78 is 5.33. The number of hydrogen-bond donors (Lipinski definition) is 3. The van der Waals surface area contributed by atoms with E-state index in [-0.39, 0.29) is 24.0 Å². The van der Waals surface area contributed by atoms with Crippen LogP contribution in [-0.4, -0.2) is 62.2 Å². The fourth-order valence-electron chi connectivity index (χ4n) is 3.97. The SMILES string of the molecule is CCNC(=NCC(c1ccc(OC)cc1)N1CCCC1)NCCCCNc1ccccn1.I. The summed E-state index contributed by atoms with van der Waals surface area (Å²) in [5, 5.41) is 10.2. The minimum absolute atomic E-state index is 0. The van der Waals surface area contributed by atoms with Gasteiger partial charge in [0.15, 0.2) is 5.96 Å². The van der Waals surface area contributed by atoms with Crippen LogP contribution in [0.4, 0.5) is 5.82 Å². The predicted molar refractivity (Wildman–Crippen MR) is 148 cm³/mol. The van der Waals surface area contributed by atoms with Crippen molar-refractivity contribution in [2.24, 2.45) is 4.99 Å². The minimum atomic E-state index is 0. The van der Waals surface area contributed by atoms with Gasteiger partial charge >= 0.3 is 0 Å². The van der Waals surface area contributed by atoms with Crippen LogP contribution < -0.4 is 20.7 Å². The highest BCUT2D eigenvalue weighted by atomic mass is 127. The fraction of sp³-hybridized carbons (Fsp3) is 0.520. The van der Waals surface area contributed by atoms with Crippen molar-refractivity contribution in [2.75, 3.05) is 51.7 Å². The monoisotopic (exact) mass is 566 g/mol. The van der Waals surface area contributed by atoms with Crippen molar-refractivity contribution >= 4 is 35.8 Å². The standard InChI is InChI=1S/C25H38N6O.HI/c1-3-26-25(29-17-7-6-16-28-24-10-4-5-15-27-24)30-20-23(31-18-8-9-19-31)21-11-13-22(32-2)14-12-21;/h4-5,10-15,23H,3,6-9,16-20H2,1-2H3,(H,27,28)(H2,26,29,30);1H. The molecule has 8 heteroatoms. The third-order valence-corrected chi connectivity index (χ3v) is 5.72. The molecule has 0 bridgehead atoms. The average molecular weight is 567 g/mol. The number of hydrogen-bond acceptors (Lipinski definition) is 5. The Morgan fingerprint density at radius 1 is 1.06 bits per heavy atom. The van der Waals surface area contributed by atoms with Crippen LogP contribution in [0.15, 0.2) is 53.7 Å². The number of ether oxygens (including phenoxy) is 1. The van der Waals surface area contributed by atoms with E-state index in [4.69, 9.17) is 9.73 Å². The highest BCUT2D eigenvalue weighted by molar-refractivity contribution is 14.0. The lowest BCUT2D eigenvalue weighted by Crippen LogP contribution is -2.39. The summed E-state index contributed by atoms with van der Waals surface area (Å²) in [5.41, 5.74) is 1.30. The van der Waals surface area contributed by atoms with Crippen LogP contribution in [0.3, 0.4) is 0 Å². The molecule has 0 amide bonds. The normalized spacial score (nSPS) is 14.9. The molecule has 2 aromatic rings. The van der Waals surface area contributed by atoms with E-state index in [1.165, 1.54) is 18.4 Å². The molecule has 182 valence electrons. The molecule has 3 N–H and O–H groups in total. The second kappa shape index (κ2) is 15.7. The third kappa shape index (κ3) is 9.37. The first-order valence-electron chi connectivity index (χ1n) is 11.8. The second-order valence-corrected chi connectivity index (χ2v) is 8.03. The number of guanidine groups is 1. The molecule has 2 heterocycles. The molecule has 0 saturated carbocycles. The highest BCUT2D eigenvalue weighted by Gasteiger charge is 2.23. The van der Waals surface area contributed by atoms with E-state index < -0.39 is 0 Å². The van der Waals surface area contributed by atoms with Crippen LogP contribution in [0.5, 0.6) is 5.75 Å². The number of nitrogens with one attached hydrogen (secondary N) is 3. The first-order chi connectivity index (χ1) is 15.8. The van der Waals surface area contributed by atoms with Gasteiger partial charge in [0.05, 0.1) is 19.7 Å². The molecule has 1 unspecified atom stereocenters. The molecule has 0 radical (unpaired) electrons. The number of nitrogens with zero attached hydrogens (tertiary/aromatic N) is 3. The first kappa shape index (κ1) is 27.2. The average Bonchev–Trinajstić information content (AvgIpc) is 3.37. The number of aliphatic imine (C=N–C) groups is 1. The molecule has 1 aromatic carbocycles. The van der Waals surface area contributed by atoms with Crippen LogP contribution in [0.2, 0.25) is 0 Å². The number of benzene rings is 1. The van der Waals surface area contributed by atoms with Crippen LogP contribution in [0, 0.1) is 0 Å². The number of halogens is 1. The zero-order valence-corrected chi connectivity index (χ0v) is 22.3. The molecule has 1 atom stereocenters. The Hall–Kier alpha value is -2.07. The molecule has 1 aromatic heterocycles. The van der Waals surface area contributed by atoms with Crippen LogP contribution >= 0.6 is 24.0 Å². The number of pyridine rings is 1. The number of aromatic nitrogens is 1. The Morgan fingerprint density at radius 2 is 1.82 bits per heavy atom. The summed E-state index contributed by atoms with van der Waals surface area (Å²) in [6.45, 7) is 7.79. The number of anilines is 1. The summed E-state index contributed by atoms with van der Waals surface area (Å²) >= 11 is 0. The molecule has 3 rings (SSSR count). The second-order valence-electron chi connectivity index (χ2n) is 8.03. The molecule has 0 aliphatic carbocycles. The molecular weight excluding hydrogens is 527 g/mol. The molecule has 0 spiro atoms. The number of methoxy groups -OCH3 is 1. The van der Waals surface area contributed by atoms with Crippen molar-refractivity contribution < 1.29 is 4.74 Å². The van der Waals surface area contributed by atoms with Gasteiger partial charge < -0.3 is 20.7 Å². The van der Waals surface area contributed by atoms with E-state index in [1.807, 2.05) is 36.5 Å². The number of unbranched alkanes of at least 4 members (excludes halogenated alkanes) is 1. The maximum absolute atomic E-state index is 5.33. The fourth-order valence-corrected chi connectivity index (χ4v) is 3.97. The first-order valence-corrected chi connectivity index (χ1v) is 11.8. The summed E-state index contributed by atoms with van der Waals surface area (Å²) in [6.07, 6.45) is 6.48. The van der Waals surface area contributed by atoms with Crippen LogP contribution in [-0.2, 0) is 0 Å². The molecule has 1 aliphatic rings. The Bertz CT molecular complexity index is 796. The maximum atomic E-state index is 5.33. The summed E-state index contributed by atoms with van der Waals surface area (Å²) in [4.78, 5) is 11.8. The Balaban J connectivity index is 0.00000385. The van der Waals surface area contributed by atoms with E-state index in [2.05, 4.69) is 44.9 Å². The lowest BCUT2D eigenvalue weighted by molar-refractivity contribution is 0.251. The third-order valence-electron chi connectivity index (χ3n) is 5.72. The number of likely N-dealkylation sites (tertiary alicyclic amines) is 1. The van der Waals surface area contributed by atoms with Gasteiger partial charge in [0.2, 0.25) is 0 Å². The van der Waals surface area contributed by atoms with Gasteiger partial charge in [0.1, 0.15) is 11.6 Å². The van der Waals surface area contributed by atoms with Crippen LogP contribution in [0.25, 0.3) is 0 Å². The molecule has 1 fully saturated rings. The summed E-state index contributed by atoms with van der Waals surface area (Å²) in [7, 11) is 1.71. The van der Waals surface area contributed by atoms with Crippen molar-refractivity contribution in [1.29, 1.82) is 0 Å². The zero-order chi connectivity index (χ0) is 22.4. The summed E-state index contributed by atoms with van der Waals surface area (Å²) in [6, 6.07) is 14.7. The van der Waals surface area contributed by atoms with Gasteiger partial charge in [-0.15, -0.1) is 24.0 Å². The number of rotatable bonds is 12. The van der Waals surface area contributed by atoms with E-state index >= 15 is 0 Å². The topological polar surface area (TPSA) is 73.8 Å². The van der Waals surface area contributed by atoms with E-state index in [9.17, 15) is 0 Å². The molecule has 1 aliphatic heterocycles. The van der Waals surface area contributed by atoms with Gasteiger partial charge in [-0.05, 0) is 75.5 Å². The van der Waals surface area contributed by atoms with Gasteiger partial charge in [0.25, 0.3) is 0 Å². The van der Waals surface area contributed by atoms with E-state index in [0.717, 1.165) is 69.6 Å². The largest absolute Gasteiger partial charge is 0.497 e. The molecule has 1 saturated heterocycles. The van der Waals surface area contributed by atoms with E-state index in [1.54, 1.807) is 7.11 Å². The predicted octanol–water partition coefficient (Wildman–Crippen LogP) is 4.29. The van der Waals surface area contributed by atoms with Crippen molar-refractivity contribution in [2.45, 2.75) is 38.6 Å². The van der Waals surface area contributed by atoms with Gasteiger partial charge in [-0.3, -0.25) is 9.89 Å². The smallest absolute Gasteiger partial charge is 0.191 e. The van der Waals surface area contributed by atoms with Crippen molar-refractivity contribution in [3.05, 3.63) is 54.2 Å². The Kier molecular flexibility index (Phi) is 12.9. The van der Waals surface area contributed by atoms with Crippen molar-refractivity contribution in [1.82, 2.24) is 20.5 Å². The minimum Gasteiger partial charge on any atom is -0.497 e. The van der Waals surface area contributed by atoms with Crippen molar-refractivity contribution in [3.8, 4) is 5.75 Å². The van der Waals surface area contributed by atoms with Gasteiger partial charge in [-0.1, -0.05) is 18.2 Å². The molecule has 33 heavy (non-hydrogen) atoms. The molecule has 7 nitrogen and oxygen atoms in total. The zero-order valence-electron chi connectivity index (χ0n) is 19.9. The van der Waals surface area contributed by atoms with Gasteiger partial charge in [-0.2, -0.15) is 0 Å². The Morgan fingerprint density at radius 3 is 2.48 bits per heavy atom. The highest BCUT2D eigenvalue weighted by Crippen LogP contribution is 2.27. The Labute approximate surface area is 215 Å². The van der Waals surface area contributed by atoms with Gasteiger partial charge in [0, 0.05) is 25.8 Å². The van der Waals surface area contributed by atoms with E-state index in [0.29, 0.717) is 6.04 Å². The van der Waals surface area contributed by atoms with Crippen molar-refractivity contribution in [3.63, 3.8) is 0 Å². The van der Waals surface area contributed by atoms with Crippen LogP contribution in [0.1, 0.15) is 44.2 Å². The molecular formula is C25H39IN6O. The quantitative estimate of drug-likeness (QED) is 0.154.